The van der Waals surface area contributed by atoms with Crippen LogP contribution in [0.15, 0.2) is 18.2 Å². The number of morpholine rings is 1. The molecule has 1 aromatic heterocycles. The highest BCUT2D eigenvalue weighted by Crippen LogP contribution is 2.34. The lowest BCUT2D eigenvalue weighted by molar-refractivity contribution is -0.133. The molecule has 6 nitrogen and oxygen atoms in total. The van der Waals surface area contributed by atoms with Gasteiger partial charge in [-0.2, -0.15) is 0 Å². The number of ether oxygens (including phenoxy) is 2. The third-order valence-electron chi connectivity index (χ3n) is 3.92. The van der Waals surface area contributed by atoms with Gasteiger partial charge in [0.25, 0.3) is 5.91 Å². The van der Waals surface area contributed by atoms with Crippen molar-refractivity contribution in [3.05, 3.63) is 34.5 Å². The van der Waals surface area contributed by atoms with Crippen molar-refractivity contribution in [1.82, 2.24) is 4.90 Å². The first-order valence-electron chi connectivity index (χ1n) is 7.42. The number of halogens is 1. The Kier molecular flexibility index (Phi) is 4.79. The molecule has 3 rings (SSSR count). The summed E-state index contributed by atoms with van der Waals surface area (Å²) in [4.78, 5) is 26.1. The molecule has 0 aliphatic carbocycles. The number of nitrogens with zero attached hydrogens (tertiary/aromatic N) is 1. The zero-order chi connectivity index (χ0) is 17.3. The topological polar surface area (TPSA) is 81.9 Å². The number of rotatable bonds is 4. The van der Waals surface area contributed by atoms with Crippen LogP contribution in [0.4, 0.5) is 4.39 Å². The van der Waals surface area contributed by atoms with Crippen LogP contribution < -0.4 is 5.73 Å². The Hall–Kier alpha value is -2.03. The Bertz CT molecular complexity index is 792. The molecule has 2 amide bonds. The van der Waals surface area contributed by atoms with E-state index in [1.165, 1.54) is 29.4 Å². The smallest absolute Gasteiger partial charge is 0.264 e. The number of nitrogens with two attached hydrogens (primary N) is 1. The largest absolute Gasteiger partial charge is 0.380 e. The van der Waals surface area contributed by atoms with Crippen LogP contribution in [0.1, 0.15) is 15.2 Å². The molecular formula is C16H17FN2O4S. The SMILES string of the molecule is COCc1c(C(=O)N2CCO[C@H](C(N)=O)C2)sc2cccc(F)c12. The highest BCUT2D eigenvalue weighted by molar-refractivity contribution is 7.21. The number of hydrogen-bond acceptors (Lipinski definition) is 5. The zero-order valence-electron chi connectivity index (χ0n) is 13.1. The number of fused-ring (bicyclic) bond motifs is 1. The van der Waals surface area contributed by atoms with Crippen molar-refractivity contribution in [3.63, 3.8) is 0 Å². The van der Waals surface area contributed by atoms with Crippen LogP contribution in [0.3, 0.4) is 0 Å². The third-order valence-corrected chi connectivity index (χ3v) is 5.10. The van der Waals surface area contributed by atoms with Crippen molar-refractivity contribution >= 4 is 33.2 Å². The van der Waals surface area contributed by atoms with Gasteiger partial charge in [-0.25, -0.2) is 4.39 Å². The lowest BCUT2D eigenvalue weighted by atomic mass is 10.1. The number of carbonyl (C=O) groups is 2. The van der Waals surface area contributed by atoms with E-state index in [9.17, 15) is 14.0 Å². The Morgan fingerprint density at radius 1 is 1.50 bits per heavy atom. The molecule has 128 valence electrons. The van der Waals surface area contributed by atoms with Gasteiger partial charge in [-0.15, -0.1) is 11.3 Å². The fraction of sp³-hybridized carbons (Fsp3) is 0.375. The van der Waals surface area contributed by atoms with E-state index in [1.807, 2.05) is 0 Å². The van der Waals surface area contributed by atoms with Gasteiger partial charge in [0.05, 0.1) is 24.6 Å². The van der Waals surface area contributed by atoms with Crippen molar-refractivity contribution in [3.8, 4) is 0 Å². The van der Waals surface area contributed by atoms with E-state index in [0.717, 1.165) is 0 Å². The summed E-state index contributed by atoms with van der Waals surface area (Å²) in [5.41, 5.74) is 5.79. The Morgan fingerprint density at radius 3 is 3.00 bits per heavy atom. The van der Waals surface area contributed by atoms with E-state index in [4.69, 9.17) is 15.2 Å². The summed E-state index contributed by atoms with van der Waals surface area (Å²) in [6.45, 7) is 0.812. The fourth-order valence-corrected chi connectivity index (χ4v) is 3.96. The molecule has 8 heteroatoms. The molecule has 0 radical (unpaired) electrons. The fourth-order valence-electron chi connectivity index (χ4n) is 2.77. The zero-order valence-corrected chi connectivity index (χ0v) is 13.9. The average molecular weight is 352 g/mol. The van der Waals surface area contributed by atoms with Gasteiger partial charge in [0.2, 0.25) is 5.91 Å². The number of amides is 2. The van der Waals surface area contributed by atoms with Crippen LogP contribution in [-0.2, 0) is 20.9 Å². The van der Waals surface area contributed by atoms with Crippen molar-refractivity contribution in [1.29, 1.82) is 0 Å². The van der Waals surface area contributed by atoms with E-state index >= 15 is 0 Å². The summed E-state index contributed by atoms with van der Waals surface area (Å²) in [6, 6.07) is 4.74. The summed E-state index contributed by atoms with van der Waals surface area (Å²) in [5.74, 6) is -1.25. The first-order valence-corrected chi connectivity index (χ1v) is 8.23. The number of primary amides is 1. The minimum Gasteiger partial charge on any atom is -0.380 e. The van der Waals surface area contributed by atoms with E-state index in [2.05, 4.69) is 0 Å². The second kappa shape index (κ2) is 6.84. The molecule has 1 fully saturated rings. The van der Waals surface area contributed by atoms with Gasteiger partial charge in [-0.1, -0.05) is 6.07 Å². The van der Waals surface area contributed by atoms with Crippen molar-refractivity contribution < 1.29 is 23.5 Å². The standard InChI is InChI=1S/C16H17FN2O4S/c1-22-8-9-13-10(17)3-2-4-12(13)24-14(9)16(21)19-5-6-23-11(7-19)15(18)20/h2-4,11H,5-8H2,1H3,(H2,18,20)/t11-/m0/s1. The van der Waals surface area contributed by atoms with Crippen LogP contribution in [0.2, 0.25) is 0 Å². The van der Waals surface area contributed by atoms with Crippen LogP contribution in [0.25, 0.3) is 10.1 Å². The van der Waals surface area contributed by atoms with Crippen molar-refractivity contribution in [2.24, 2.45) is 5.73 Å². The minimum absolute atomic E-state index is 0.0946. The van der Waals surface area contributed by atoms with E-state index in [1.54, 1.807) is 12.1 Å². The average Bonchev–Trinajstić information content (AvgIpc) is 2.94. The summed E-state index contributed by atoms with van der Waals surface area (Å²) < 4.78 is 25.3. The van der Waals surface area contributed by atoms with Crippen LogP contribution in [0, 0.1) is 5.82 Å². The molecule has 0 unspecified atom stereocenters. The Balaban J connectivity index is 1.99. The van der Waals surface area contributed by atoms with Crippen molar-refractivity contribution in [2.45, 2.75) is 12.7 Å². The molecule has 1 aromatic carbocycles. The first-order chi connectivity index (χ1) is 11.5. The molecule has 24 heavy (non-hydrogen) atoms. The van der Waals surface area contributed by atoms with Crippen LogP contribution in [0.5, 0.6) is 0 Å². The van der Waals surface area contributed by atoms with E-state index in [0.29, 0.717) is 27.1 Å². The molecule has 2 heterocycles. The Morgan fingerprint density at radius 2 is 2.29 bits per heavy atom. The van der Waals surface area contributed by atoms with Gasteiger partial charge in [0, 0.05) is 29.3 Å². The predicted octanol–water partition coefficient (Wildman–Crippen LogP) is 1.51. The molecule has 1 atom stereocenters. The minimum atomic E-state index is -0.820. The maximum Gasteiger partial charge on any atom is 0.264 e. The number of hydrogen-bond donors (Lipinski definition) is 1. The van der Waals surface area contributed by atoms with Crippen LogP contribution >= 0.6 is 11.3 Å². The quantitative estimate of drug-likeness (QED) is 0.904. The van der Waals surface area contributed by atoms with E-state index in [-0.39, 0.29) is 31.5 Å². The molecule has 1 saturated heterocycles. The van der Waals surface area contributed by atoms with Crippen molar-refractivity contribution in [2.75, 3.05) is 26.8 Å². The number of thiophene rings is 1. The van der Waals surface area contributed by atoms with Gasteiger partial charge in [-0.3, -0.25) is 9.59 Å². The first kappa shape index (κ1) is 16.8. The highest BCUT2D eigenvalue weighted by Gasteiger charge is 2.31. The molecule has 0 spiro atoms. The van der Waals surface area contributed by atoms with Gasteiger partial charge >= 0.3 is 0 Å². The summed E-state index contributed by atoms with van der Waals surface area (Å²) in [5, 5.41) is 0.410. The lowest BCUT2D eigenvalue weighted by Gasteiger charge is -2.31. The lowest BCUT2D eigenvalue weighted by Crippen LogP contribution is -2.50. The molecular weight excluding hydrogens is 335 g/mol. The molecule has 0 bridgehead atoms. The van der Waals surface area contributed by atoms with Gasteiger partial charge < -0.3 is 20.1 Å². The summed E-state index contributed by atoms with van der Waals surface area (Å²) in [7, 11) is 1.50. The second-order valence-corrected chi connectivity index (χ2v) is 6.52. The third kappa shape index (κ3) is 3.00. The van der Waals surface area contributed by atoms with Gasteiger partial charge in [0.1, 0.15) is 5.82 Å². The normalized spacial score (nSPS) is 18.1. The molecule has 1 aliphatic heterocycles. The molecule has 0 saturated carbocycles. The number of benzene rings is 1. The maximum atomic E-state index is 14.2. The van der Waals surface area contributed by atoms with E-state index < -0.39 is 12.0 Å². The monoisotopic (exact) mass is 352 g/mol. The second-order valence-electron chi connectivity index (χ2n) is 5.47. The number of carbonyl (C=O) groups excluding carboxylic acids is 2. The molecule has 2 N–H and O–H groups in total. The summed E-state index contributed by atoms with van der Waals surface area (Å²) >= 11 is 1.22. The molecule has 1 aliphatic rings. The van der Waals surface area contributed by atoms with Gasteiger partial charge in [-0.05, 0) is 12.1 Å². The van der Waals surface area contributed by atoms with Crippen LogP contribution in [-0.4, -0.2) is 49.6 Å². The maximum absolute atomic E-state index is 14.2. The predicted molar refractivity (Wildman–Crippen MR) is 87.3 cm³/mol. The van der Waals surface area contributed by atoms with Gasteiger partial charge in [0.15, 0.2) is 6.10 Å². The Labute approximate surface area is 141 Å². The number of methoxy groups -OCH3 is 1. The highest BCUT2D eigenvalue weighted by atomic mass is 32.1. The summed E-state index contributed by atoms with van der Waals surface area (Å²) in [6.07, 6.45) is -0.820. The molecule has 2 aromatic rings.